The summed E-state index contributed by atoms with van der Waals surface area (Å²) in [6.07, 6.45) is 2.73. The van der Waals surface area contributed by atoms with Gasteiger partial charge in [0.05, 0.1) is 0 Å². The molecule has 2 fully saturated rings. The van der Waals surface area contributed by atoms with E-state index >= 15 is 0 Å². The second-order valence-corrected chi connectivity index (χ2v) is 7.15. The van der Waals surface area contributed by atoms with E-state index in [9.17, 15) is 9.59 Å². The van der Waals surface area contributed by atoms with Gasteiger partial charge in [-0.05, 0) is 63.3 Å². The largest absolute Gasteiger partial charge is 0.365 e. The molecule has 24 heavy (non-hydrogen) atoms. The number of nitrogens with zero attached hydrogens (tertiary/aromatic N) is 2. The Bertz CT molecular complexity index is 630. The molecule has 0 unspecified atom stereocenters. The molecule has 0 radical (unpaired) electrons. The molecule has 1 atom stereocenters. The topological polar surface area (TPSA) is 49.9 Å². The molecule has 2 amide bonds. The summed E-state index contributed by atoms with van der Waals surface area (Å²) in [7, 11) is 0. The number of benzene rings is 1. The van der Waals surface area contributed by atoms with E-state index in [0.717, 1.165) is 36.1 Å². The van der Waals surface area contributed by atoms with Gasteiger partial charge in [0.1, 0.15) is 12.1 Å². The molecular formula is C19H26N2O3. The Morgan fingerprint density at radius 1 is 1.12 bits per heavy atom. The lowest BCUT2D eigenvalue weighted by molar-refractivity contribution is -0.163. The van der Waals surface area contributed by atoms with Crippen LogP contribution in [0, 0.1) is 13.8 Å². The smallest absolute Gasteiger partial charge is 0.255 e. The van der Waals surface area contributed by atoms with Crippen LogP contribution in [-0.2, 0) is 14.3 Å². The Kier molecular flexibility index (Phi) is 4.63. The third kappa shape index (κ3) is 3.31. The SMILES string of the molecule is Cc1cc(C)cc(N2CCN(C(=O)[C@]3(C)CCCCO3)CC2=O)c1. The van der Waals surface area contributed by atoms with Crippen LogP contribution < -0.4 is 4.90 Å². The summed E-state index contributed by atoms with van der Waals surface area (Å²) in [4.78, 5) is 28.9. The number of hydrogen-bond acceptors (Lipinski definition) is 3. The lowest BCUT2D eigenvalue weighted by Crippen LogP contribution is -2.58. The molecule has 2 aliphatic heterocycles. The van der Waals surface area contributed by atoms with Gasteiger partial charge < -0.3 is 14.5 Å². The maximum atomic E-state index is 12.8. The van der Waals surface area contributed by atoms with E-state index in [1.807, 2.05) is 32.9 Å². The molecule has 130 valence electrons. The van der Waals surface area contributed by atoms with Crippen LogP contribution in [-0.4, -0.2) is 48.6 Å². The summed E-state index contributed by atoms with van der Waals surface area (Å²) in [6, 6.07) is 6.14. The average molecular weight is 330 g/mol. The summed E-state index contributed by atoms with van der Waals surface area (Å²) >= 11 is 0. The van der Waals surface area contributed by atoms with Crippen LogP contribution in [0.4, 0.5) is 5.69 Å². The lowest BCUT2D eigenvalue weighted by atomic mass is 9.94. The normalized spacial score (nSPS) is 25.0. The van der Waals surface area contributed by atoms with Gasteiger partial charge in [-0.3, -0.25) is 9.59 Å². The molecule has 0 saturated carbocycles. The summed E-state index contributed by atoms with van der Waals surface area (Å²) in [6.45, 7) is 7.75. The van der Waals surface area contributed by atoms with Crippen LogP contribution in [0.3, 0.4) is 0 Å². The number of amides is 2. The third-order valence-corrected chi connectivity index (χ3v) is 4.95. The highest BCUT2D eigenvalue weighted by atomic mass is 16.5. The van der Waals surface area contributed by atoms with Crippen LogP contribution in [0.25, 0.3) is 0 Å². The van der Waals surface area contributed by atoms with Crippen molar-refractivity contribution in [2.24, 2.45) is 0 Å². The fourth-order valence-corrected chi connectivity index (χ4v) is 3.66. The first-order chi connectivity index (χ1) is 11.4. The number of hydrogen-bond donors (Lipinski definition) is 0. The molecule has 5 heteroatoms. The lowest BCUT2D eigenvalue weighted by Gasteiger charge is -2.40. The first-order valence-corrected chi connectivity index (χ1v) is 8.71. The molecule has 0 aromatic heterocycles. The summed E-state index contributed by atoms with van der Waals surface area (Å²) in [5, 5.41) is 0. The van der Waals surface area contributed by atoms with Gasteiger partial charge in [0, 0.05) is 25.4 Å². The van der Waals surface area contributed by atoms with Crippen molar-refractivity contribution in [2.45, 2.75) is 45.6 Å². The molecule has 0 N–H and O–H groups in total. The number of carbonyl (C=O) groups excluding carboxylic acids is 2. The van der Waals surface area contributed by atoms with Crippen LogP contribution in [0.15, 0.2) is 18.2 Å². The summed E-state index contributed by atoms with van der Waals surface area (Å²) < 4.78 is 5.74. The minimum atomic E-state index is -0.763. The molecule has 0 spiro atoms. The minimum Gasteiger partial charge on any atom is -0.365 e. The van der Waals surface area contributed by atoms with Crippen molar-refractivity contribution < 1.29 is 14.3 Å². The predicted octanol–water partition coefficient (Wildman–Crippen LogP) is 2.44. The molecule has 1 aromatic rings. The second-order valence-electron chi connectivity index (χ2n) is 7.15. The van der Waals surface area contributed by atoms with Gasteiger partial charge in [-0.15, -0.1) is 0 Å². The van der Waals surface area contributed by atoms with Gasteiger partial charge in [-0.2, -0.15) is 0 Å². The Hall–Kier alpha value is -1.88. The van der Waals surface area contributed by atoms with Gasteiger partial charge in [0.25, 0.3) is 5.91 Å². The van der Waals surface area contributed by atoms with Crippen molar-refractivity contribution in [1.82, 2.24) is 4.90 Å². The Morgan fingerprint density at radius 3 is 2.42 bits per heavy atom. The zero-order valence-corrected chi connectivity index (χ0v) is 14.8. The Labute approximate surface area is 143 Å². The molecular weight excluding hydrogens is 304 g/mol. The maximum Gasteiger partial charge on any atom is 0.255 e. The highest BCUT2D eigenvalue weighted by Crippen LogP contribution is 2.28. The van der Waals surface area contributed by atoms with E-state index in [4.69, 9.17) is 4.74 Å². The Morgan fingerprint density at radius 2 is 1.83 bits per heavy atom. The molecule has 3 rings (SSSR count). The van der Waals surface area contributed by atoms with Crippen molar-refractivity contribution in [3.05, 3.63) is 29.3 Å². The number of ether oxygens (including phenoxy) is 1. The molecule has 2 heterocycles. The van der Waals surface area contributed by atoms with Crippen molar-refractivity contribution >= 4 is 17.5 Å². The first-order valence-electron chi connectivity index (χ1n) is 8.71. The number of aryl methyl sites for hydroxylation is 2. The fraction of sp³-hybridized carbons (Fsp3) is 0.579. The average Bonchev–Trinajstić information content (AvgIpc) is 2.53. The van der Waals surface area contributed by atoms with E-state index in [1.165, 1.54) is 0 Å². The molecule has 0 aliphatic carbocycles. The summed E-state index contributed by atoms with van der Waals surface area (Å²) in [5.74, 6) is -0.0744. The van der Waals surface area contributed by atoms with E-state index in [2.05, 4.69) is 6.07 Å². The predicted molar refractivity (Wildman–Crippen MR) is 93.1 cm³/mol. The minimum absolute atomic E-state index is 0.0287. The number of anilines is 1. The summed E-state index contributed by atoms with van der Waals surface area (Å²) in [5.41, 5.74) is 2.43. The zero-order chi connectivity index (χ0) is 17.3. The molecule has 5 nitrogen and oxygen atoms in total. The molecule has 1 aromatic carbocycles. The number of carbonyl (C=O) groups is 2. The third-order valence-electron chi connectivity index (χ3n) is 4.95. The van der Waals surface area contributed by atoms with Crippen LogP contribution in [0.1, 0.15) is 37.3 Å². The highest BCUT2D eigenvalue weighted by molar-refractivity contribution is 5.99. The van der Waals surface area contributed by atoms with E-state index in [1.54, 1.807) is 9.80 Å². The van der Waals surface area contributed by atoms with Crippen molar-refractivity contribution in [1.29, 1.82) is 0 Å². The van der Waals surface area contributed by atoms with Gasteiger partial charge in [0.15, 0.2) is 0 Å². The van der Waals surface area contributed by atoms with Crippen molar-refractivity contribution in [2.75, 3.05) is 31.1 Å². The van der Waals surface area contributed by atoms with Crippen molar-refractivity contribution in [3.8, 4) is 0 Å². The quantitative estimate of drug-likeness (QED) is 0.837. The van der Waals surface area contributed by atoms with Crippen molar-refractivity contribution in [3.63, 3.8) is 0 Å². The Balaban J connectivity index is 1.71. The van der Waals surface area contributed by atoms with Crippen LogP contribution in [0.2, 0.25) is 0 Å². The monoisotopic (exact) mass is 330 g/mol. The fourth-order valence-electron chi connectivity index (χ4n) is 3.66. The second kappa shape index (κ2) is 6.55. The zero-order valence-electron chi connectivity index (χ0n) is 14.8. The van der Waals surface area contributed by atoms with Crippen LogP contribution >= 0.6 is 0 Å². The van der Waals surface area contributed by atoms with E-state index in [0.29, 0.717) is 19.7 Å². The maximum absolute atomic E-state index is 12.8. The molecule has 0 bridgehead atoms. The number of rotatable bonds is 2. The van der Waals surface area contributed by atoms with Crippen LogP contribution in [0.5, 0.6) is 0 Å². The van der Waals surface area contributed by atoms with Gasteiger partial charge >= 0.3 is 0 Å². The van der Waals surface area contributed by atoms with E-state index < -0.39 is 5.60 Å². The first kappa shape index (κ1) is 17.0. The van der Waals surface area contributed by atoms with Gasteiger partial charge in [0.2, 0.25) is 5.91 Å². The standard InChI is InChI=1S/C19H26N2O3/c1-14-10-15(2)12-16(11-14)21-8-7-20(13-17(21)22)18(23)19(3)6-4-5-9-24-19/h10-12H,4-9,13H2,1-3H3/t19-/m0/s1. The van der Waals surface area contributed by atoms with Gasteiger partial charge in [-0.1, -0.05) is 6.07 Å². The number of piperazine rings is 1. The van der Waals surface area contributed by atoms with Gasteiger partial charge in [-0.25, -0.2) is 0 Å². The molecule has 2 saturated heterocycles. The van der Waals surface area contributed by atoms with E-state index in [-0.39, 0.29) is 18.4 Å². The highest BCUT2D eigenvalue weighted by Gasteiger charge is 2.41. The molecule has 2 aliphatic rings.